The summed E-state index contributed by atoms with van der Waals surface area (Å²) in [6.45, 7) is 2.43. The number of fused-ring (bicyclic) bond motifs is 1. The van der Waals surface area contributed by atoms with Gasteiger partial charge in [-0.05, 0) is 19.9 Å². The van der Waals surface area contributed by atoms with Crippen molar-refractivity contribution in [2.24, 2.45) is 0 Å². The second-order valence-electron chi connectivity index (χ2n) is 4.95. The molecule has 0 aromatic rings. The minimum Gasteiger partial charge on any atom is -0.311 e. The highest BCUT2D eigenvalue weighted by atomic mass is 15.2. The van der Waals surface area contributed by atoms with Crippen molar-refractivity contribution >= 4 is 0 Å². The van der Waals surface area contributed by atoms with Crippen LogP contribution in [0.1, 0.15) is 44.9 Å². The molecule has 1 N–H and O–H groups in total. The van der Waals surface area contributed by atoms with Gasteiger partial charge in [0.1, 0.15) is 0 Å². The monoisotopic (exact) mass is 196 g/mol. The number of piperazine rings is 1. The van der Waals surface area contributed by atoms with Gasteiger partial charge < -0.3 is 10.2 Å². The highest BCUT2D eigenvalue weighted by Gasteiger charge is 2.28. The number of nitrogens with zero attached hydrogens (tertiary/aromatic N) is 1. The quantitative estimate of drug-likeness (QED) is 0.637. The third kappa shape index (κ3) is 2.48. The van der Waals surface area contributed by atoms with Gasteiger partial charge in [-0.15, -0.1) is 0 Å². The Balaban J connectivity index is 1.95. The summed E-state index contributed by atoms with van der Waals surface area (Å²) in [6.07, 6.45) is 10.0. The first kappa shape index (κ1) is 10.4. The first-order valence-electron chi connectivity index (χ1n) is 6.31. The second kappa shape index (κ2) is 5.13. The molecule has 0 aromatic carbocycles. The van der Waals surface area contributed by atoms with E-state index in [4.69, 9.17) is 0 Å². The van der Waals surface area contributed by atoms with Gasteiger partial charge in [-0.25, -0.2) is 0 Å². The standard InChI is InChI=1S/C12H24N2/c1-14-10-9-13-11-7-5-3-2-4-6-8-12(11)14/h11-13H,2-10H2,1H3. The van der Waals surface area contributed by atoms with Crippen LogP contribution in [0.2, 0.25) is 0 Å². The zero-order valence-corrected chi connectivity index (χ0v) is 9.47. The Morgan fingerprint density at radius 3 is 2.57 bits per heavy atom. The van der Waals surface area contributed by atoms with E-state index in [-0.39, 0.29) is 0 Å². The molecule has 1 heterocycles. The van der Waals surface area contributed by atoms with Gasteiger partial charge in [0.05, 0.1) is 0 Å². The van der Waals surface area contributed by atoms with Crippen molar-refractivity contribution < 1.29 is 0 Å². The van der Waals surface area contributed by atoms with Crippen molar-refractivity contribution in [3.63, 3.8) is 0 Å². The maximum Gasteiger partial charge on any atom is 0.0246 e. The summed E-state index contributed by atoms with van der Waals surface area (Å²) < 4.78 is 0. The third-order valence-corrected chi connectivity index (χ3v) is 3.92. The fourth-order valence-corrected chi connectivity index (χ4v) is 3.00. The minimum atomic E-state index is 0.784. The Hall–Kier alpha value is -0.0800. The topological polar surface area (TPSA) is 15.3 Å². The molecule has 0 radical (unpaired) electrons. The van der Waals surface area contributed by atoms with Crippen molar-refractivity contribution in [2.75, 3.05) is 20.1 Å². The van der Waals surface area contributed by atoms with Crippen LogP contribution in [0.4, 0.5) is 0 Å². The normalized spacial score (nSPS) is 36.6. The molecule has 1 aliphatic heterocycles. The van der Waals surface area contributed by atoms with Gasteiger partial charge in [-0.3, -0.25) is 0 Å². The molecule has 1 saturated heterocycles. The van der Waals surface area contributed by atoms with E-state index in [1.807, 2.05) is 0 Å². The lowest BCUT2D eigenvalue weighted by Gasteiger charge is -2.40. The van der Waals surface area contributed by atoms with Gasteiger partial charge in [0.15, 0.2) is 0 Å². The summed E-state index contributed by atoms with van der Waals surface area (Å²) in [7, 11) is 2.30. The van der Waals surface area contributed by atoms with Crippen LogP contribution in [0.15, 0.2) is 0 Å². The van der Waals surface area contributed by atoms with E-state index in [2.05, 4.69) is 17.3 Å². The van der Waals surface area contributed by atoms with E-state index < -0.39 is 0 Å². The zero-order chi connectivity index (χ0) is 9.80. The van der Waals surface area contributed by atoms with E-state index in [1.165, 1.54) is 58.0 Å². The summed E-state index contributed by atoms with van der Waals surface area (Å²) in [4.78, 5) is 2.58. The Labute approximate surface area is 88.1 Å². The zero-order valence-electron chi connectivity index (χ0n) is 9.47. The number of nitrogens with one attached hydrogen (secondary N) is 1. The maximum atomic E-state index is 3.71. The molecule has 2 rings (SSSR count). The molecule has 2 unspecified atom stereocenters. The summed E-state index contributed by atoms with van der Waals surface area (Å²) in [6, 6.07) is 1.61. The molecular weight excluding hydrogens is 172 g/mol. The third-order valence-electron chi connectivity index (χ3n) is 3.92. The Morgan fingerprint density at radius 2 is 1.71 bits per heavy atom. The predicted molar refractivity (Wildman–Crippen MR) is 60.5 cm³/mol. The van der Waals surface area contributed by atoms with Crippen molar-refractivity contribution in [1.29, 1.82) is 0 Å². The van der Waals surface area contributed by atoms with E-state index >= 15 is 0 Å². The van der Waals surface area contributed by atoms with E-state index in [0.29, 0.717) is 0 Å². The number of likely N-dealkylation sites (N-methyl/N-ethyl adjacent to an activating group) is 1. The molecule has 2 atom stereocenters. The van der Waals surface area contributed by atoms with Crippen LogP contribution in [0.5, 0.6) is 0 Å². The average molecular weight is 196 g/mol. The number of hydrogen-bond donors (Lipinski definition) is 1. The lowest BCUT2D eigenvalue weighted by atomic mass is 9.96. The van der Waals surface area contributed by atoms with Crippen molar-refractivity contribution in [3.8, 4) is 0 Å². The van der Waals surface area contributed by atoms with Crippen molar-refractivity contribution in [1.82, 2.24) is 10.2 Å². The summed E-state index contributed by atoms with van der Waals surface area (Å²) >= 11 is 0. The van der Waals surface area contributed by atoms with Crippen LogP contribution in [-0.4, -0.2) is 37.1 Å². The van der Waals surface area contributed by atoms with Crippen molar-refractivity contribution in [3.05, 3.63) is 0 Å². The fourth-order valence-electron chi connectivity index (χ4n) is 3.00. The Kier molecular flexibility index (Phi) is 3.82. The molecule has 2 aliphatic rings. The van der Waals surface area contributed by atoms with Gasteiger partial charge in [-0.1, -0.05) is 32.1 Å². The van der Waals surface area contributed by atoms with Crippen LogP contribution in [0, 0.1) is 0 Å². The van der Waals surface area contributed by atoms with Crippen LogP contribution >= 0.6 is 0 Å². The van der Waals surface area contributed by atoms with Crippen LogP contribution in [-0.2, 0) is 0 Å². The first-order chi connectivity index (χ1) is 6.88. The summed E-state index contributed by atoms with van der Waals surface area (Å²) in [5, 5.41) is 3.71. The SMILES string of the molecule is CN1CCNC2CCCCCCCC21. The summed E-state index contributed by atoms with van der Waals surface area (Å²) in [5.41, 5.74) is 0. The molecule has 0 aromatic heterocycles. The van der Waals surface area contributed by atoms with Gasteiger partial charge in [-0.2, -0.15) is 0 Å². The largest absolute Gasteiger partial charge is 0.311 e. The highest BCUT2D eigenvalue weighted by Crippen LogP contribution is 2.22. The molecule has 82 valence electrons. The van der Waals surface area contributed by atoms with Gasteiger partial charge in [0.25, 0.3) is 0 Å². The molecule has 2 heteroatoms. The number of hydrogen-bond acceptors (Lipinski definition) is 2. The fraction of sp³-hybridized carbons (Fsp3) is 1.00. The van der Waals surface area contributed by atoms with Gasteiger partial charge in [0, 0.05) is 25.2 Å². The van der Waals surface area contributed by atoms with Crippen molar-refractivity contribution in [2.45, 2.75) is 57.0 Å². The maximum absolute atomic E-state index is 3.71. The molecule has 2 nitrogen and oxygen atoms in total. The molecule has 2 fully saturated rings. The molecule has 0 amide bonds. The van der Waals surface area contributed by atoms with E-state index in [0.717, 1.165) is 12.1 Å². The van der Waals surface area contributed by atoms with Crippen LogP contribution in [0.3, 0.4) is 0 Å². The Morgan fingerprint density at radius 1 is 1.00 bits per heavy atom. The first-order valence-corrected chi connectivity index (χ1v) is 6.31. The lowest BCUT2D eigenvalue weighted by Crippen LogP contribution is -2.56. The van der Waals surface area contributed by atoms with Gasteiger partial charge >= 0.3 is 0 Å². The van der Waals surface area contributed by atoms with E-state index in [9.17, 15) is 0 Å². The molecule has 14 heavy (non-hydrogen) atoms. The van der Waals surface area contributed by atoms with Gasteiger partial charge in [0.2, 0.25) is 0 Å². The molecule has 0 bridgehead atoms. The molecular formula is C12H24N2. The molecule has 1 saturated carbocycles. The number of rotatable bonds is 0. The second-order valence-corrected chi connectivity index (χ2v) is 4.95. The highest BCUT2D eigenvalue weighted by molar-refractivity contribution is 4.88. The van der Waals surface area contributed by atoms with Crippen LogP contribution < -0.4 is 5.32 Å². The van der Waals surface area contributed by atoms with E-state index in [1.54, 1.807) is 0 Å². The molecule has 1 aliphatic carbocycles. The Bertz CT molecular complexity index is 170. The molecule has 0 spiro atoms. The average Bonchev–Trinajstić information content (AvgIpc) is 2.30. The minimum absolute atomic E-state index is 0.784. The van der Waals surface area contributed by atoms with Crippen LogP contribution in [0.25, 0.3) is 0 Å². The lowest BCUT2D eigenvalue weighted by molar-refractivity contribution is 0.135. The summed E-state index contributed by atoms with van der Waals surface area (Å²) in [5.74, 6) is 0. The smallest absolute Gasteiger partial charge is 0.0246 e. The predicted octanol–water partition coefficient (Wildman–Crippen LogP) is 2.00.